The molecule has 37 heavy (non-hydrogen) atoms. The van der Waals surface area contributed by atoms with Gasteiger partial charge in [-0.25, -0.2) is 0 Å². The van der Waals surface area contributed by atoms with Gasteiger partial charge in [-0.3, -0.25) is 9.97 Å². The van der Waals surface area contributed by atoms with Gasteiger partial charge in [0.25, 0.3) is 0 Å². The van der Waals surface area contributed by atoms with E-state index in [0.29, 0.717) is 0 Å². The second-order valence-electron chi connectivity index (χ2n) is 9.48. The van der Waals surface area contributed by atoms with Gasteiger partial charge in [0.15, 0.2) is 0 Å². The van der Waals surface area contributed by atoms with E-state index in [1.807, 2.05) is 0 Å². The Hall–Kier alpha value is -5.02. The molecule has 0 aliphatic heterocycles. The summed E-state index contributed by atoms with van der Waals surface area (Å²) in [7, 11) is 0. The fourth-order valence-electron chi connectivity index (χ4n) is 5.84. The van der Waals surface area contributed by atoms with Crippen molar-refractivity contribution >= 4 is 54.4 Å². The molecule has 0 atom stereocenters. The summed E-state index contributed by atoms with van der Waals surface area (Å²) < 4.78 is 2.42. The molecule has 3 heteroatoms. The van der Waals surface area contributed by atoms with Crippen molar-refractivity contribution in [2.75, 3.05) is 0 Å². The minimum atomic E-state index is 0.883. The zero-order valence-electron chi connectivity index (χ0n) is 20.0. The molecule has 0 aliphatic carbocycles. The highest BCUT2D eigenvalue weighted by Gasteiger charge is 2.20. The number of rotatable bonds is 2. The van der Waals surface area contributed by atoms with Gasteiger partial charge in [0, 0.05) is 28.7 Å². The summed E-state index contributed by atoms with van der Waals surface area (Å²) in [5.41, 5.74) is 7.53. The molecule has 0 aliphatic rings. The zero-order valence-corrected chi connectivity index (χ0v) is 20.0. The Kier molecular flexibility index (Phi) is 4.23. The summed E-state index contributed by atoms with van der Waals surface area (Å²) in [6, 6.07) is 41.3. The van der Waals surface area contributed by atoms with Crippen LogP contribution in [0.1, 0.15) is 0 Å². The van der Waals surface area contributed by atoms with Gasteiger partial charge < -0.3 is 4.57 Å². The average Bonchev–Trinajstić information content (AvgIpc) is 3.32. The average molecular weight is 472 g/mol. The van der Waals surface area contributed by atoms with E-state index < -0.39 is 0 Å². The first-order chi connectivity index (χ1) is 18.4. The molecule has 0 N–H and O–H groups in total. The minimum Gasteiger partial charge on any atom is -0.308 e. The Morgan fingerprint density at radius 3 is 1.65 bits per heavy atom. The third-order valence-corrected chi connectivity index (χ3v) is 7.46. The van der Waals surface area contributed by atoms with Gasteiger partial charge in [0.2, 0.25) is 0 Å². The van der Waals surface area contributed by atoms with Crippen LogP contribution >= 0.6 is 0 Å². The molecule has 8 aromatic rings. The molecule has 2 aromatic heterocycles. The molecular weight excluding hydrogens is 450 g/mol. The van der Waals surface area contributed by atoms with Gasteiger partial charge in [0.05, 0.1) is 27.8 Å². The van der Waals surface area contributed by atoms with Crippen molar-refractivity contribution in [3.05, 3.63) is 128 Å². The van der Waals surface area contributed by atoms with Crippen molar-refractivity contribution in [1.82, 2.24) is 14.5 Å². The van der Waals surface area contributed by atoms with Crippen molar-refractivity contribution in [2.24, 2.45) is 0 Å². The number of benzene rings is 6. The molecule has 0 fully saturated rings. The quantitative estimate of drug-likeness (QED) is 0.252. The van der Waals surface area contributed by atoms with Gasteiger partial charge in [-0.15, -0.1) is 0 Å². The van der Waals surface area contributed by atoms with Gasteiger partial charge >= 0.3 is 0 Å². The van der Waals surface area contributed by atoms with E-state index in [-0.39, 0.29) is 0 Å². The largest absolute Gasteiger partial charge is 0.308 e. The van der Waals surface area contributed by atoms with E-state index in [0.717, 1.165) is 27.8 Å². The van der Waals surface area contributed by atoms with Gasteiger partial charge in [0.1, 0.15) is 0 Å². The maximum atomic E-state index is 4.67. The SMILES string of the molecule is c1ccc(-c2cc3nccnc3cc2-n2c3ccc4ccccc4c3c3c4ccccc4ccc32)cc1. The van der Waals surface area contributed by atoms with Crippen LogP contribution in [0.15, 0.2) is 128 Å². The van der Waals surface area contributed by atoms with Crippen molar-refractivity contribution in [3.8, 4) is 16.8 Å². The van der Waals surface area contributed by atoms with Crippen LogP contribution in [0.25, 0.3) is 71.2 Å². The molecule has 0 saturated heterocycles. The topological polar surface area (TPSA) is 30.7 Å². The van der Waals surface area contributed by atoms with Gasteiger partial charge in [-0.1, -0.05) is 91.0 Å². The third kappa shape index (κ3) is 2.95. The normalized spacial score (nSPS) is 11.8. The van der Waals surface area contributed by atoms with Crippen molar-refractivity contribution in [2.45, 2.75) is 0 Å². The first-order valence-corrected chi connectivity index (χ1v) is 12.5. The molecule has 0 unspecified atom stereocenters. The Morgan fingerprint density at radius 1 is 0.486 bits per heavy atom. The van der Waals surface area contributed by atoms with E-state index in [1.54, 1.807) is 12.4 Å². The lowest BCUT2D eigenvalue weighted by Crippen LogP contribution is -1.99. The maximum absolute atomic E-state index is 4.67. The molecule has 6 aromatic carbocycles. The molecule has 0 bridgehead atoms. The number of hydrogen-bond donors (Lipinski definition) is 0. The van der Waals surface area contributed by atoms with Crippen LogP contribution in [0.5, 0.6) is 0 Å². The van der Waals surface area contributed by atoms with Crippen molar-refractivity contribution in [1.29, 1.82) is 0 Å². The fourth-order valence-corrected chi connectivity index (χ4v) is 5.84. The molecule has 172 valence electrons. The van der Waals surface area contributed by atoms with Crippen LogP contribution < -0.4 is 0 Å². The minimum absolute atomic E-state index is 0.883. The number of hydrogen-bond acceptors (Lipinski definition) is 2. The van der Waals surface area contributed by atoms with Crippen LogP contribution in [0.4, 0.5) is 0 Å². The van der Waals surface area contributed by atoms with E-state index >= 15 is 0 Å². The van der Waals surface area contributed by atoms with Gasteiger partial charge in [-0.2, -0.15) is 0 Å². The van der Waals surface area contributed by atoms with Crippen LogP contribution in [-0.2, 0) is 0 Å². The van der Waals surface area contributed by atoms with E-state index in [1.165, 1.54) is 43.4 Å². The Balaban J connectivity index is 1.62. The second kappa shape index (κ2) is 7.74. The summed E-state index contributed by atoms with van der Waals surface area (Å²) in [5, 5.41) is 7.58. The lowest BCUT2D eigenvalue weighted by Gasteiger charge is -2.15. The molecule has 2 heterocycles. The molecule has 0 radical (unpaired) electrons. The molecule has 0 spiro atoms. The Bertz CT molecular complexity index is 2050. The van der Waals surface area contributed by atoms with Crippen LogP contribution in [0.2, 0.25) is 0 Å². The highest BCUT2D eigenvalue weighted by atomic mass is 15.0. The lowest BCUT2D eigenvalue weighted by atomic mass is 10.00. The fraction of sp³-hybridized carbons (Fsp3) is 0. The monoisotopic (exact) mass is 471 g/mol. The summed E-state index contributed by atoms with van der Waals surface area (Å²) >= 11 is 0. The predicted molar refractivity (Wildman–Crippen MR) is 154 cm³/mol. The van der Waals surface area contributed by atoms with Crippen LogP contribution in [0.3, 0.4) is 0 Å². The molecular formula is C34H21N3. The highest BCUT2D eigenvalue weighted by molar-refractivity contribution is 6.28. The summed E-state index contributed by atoms with van der Waals surface area (Å²) in [6.07, 6.45) is 3.52. The van der Waals surface area contributed by atoms with E-state index in [9.17, 15) is 0 Å². The van der Waals surface area contributed by atoms with Crippen molar-refractivity contribution < 1.29 is 0 Å². The third-order valence-electron chi connectivity index (χ3n) is 7.46. The maximum Gasteiger partial charge on any atom is 0.0908 e. The first-order valence-electron chi connectivity index (χ1n) is 12.5. The van der Waals surface area contributed by atoms with Gasteiger partial charge in [-0.05, 0) is 51.4 Å². The smallest absolute Gasteiger partial charge is 0.0908 e. The zero-order chi connectivity index (χ0) is 24.3. The summed E-state index contributed by atoms with van der Waals surface area (Å²) in [5.74, 6) is 0. The van der Waals surface area contributed by atoms with Crippen LogP contribution in [0, 0.1) is 0 Å². The first kappa shape index (κ1) is 20.2. The second-order valence-corrected chi connectivity index (χ2v) is 9.48. The predicted octanol–water partition coefficient (Wildman–Crippen LogP) is 8.70. The van der Waals surface area contributed by atoms with Crippen molar-refractivity contribution in [3.63, 3.8) is 0 Å². The van der Waals surface area contributed by atoms with Crippen LogP contribution in [-0.4, -0.2) is 14.5 Å². The molecule has 0 amide bonds. The Labute approximate surface area is 213 Å². The van der Waals surface area contributed by atoms with E-state index in [4.69, 9.17) is 0 Å². The summed E-state index contributed by atoms with van der Waals surface area (Å²) in [4.78, 5) is 9.30. The number of nitrogens with zero attached hydrogens (tertiary/aromatic N) is 3. The number of aromatic nitrogens is 3. The number of fused-ring (bicyclic) bond motifs is 8. The van der Waals surface area contributed by atoms with E-state index in [2.05, 4.69) is 130 Å². The lowest BCUT2D eigenvalue weighted by molar-refractivity contribution is 1.18. The molecule has 8 rings (SSSR count). The Morgan fingerprint density at radius 2 is 1.03 bits per heavy atom. The summed E-state index contributed by atoms with van der Waals surface area (Å²) in [6.45, 7) is 0. The standard InChI is InChI=1S/C34H21N3/c1-2-8-22(9-3-1)27-20-28-29(36-19-18-35-28)21-32(27)37-30-16-14-23-10-4-6-12-25(23)33(30)34-26-13-7-5-11-24(26)15-17-31(34)37/h1-21H. The highest BCUT2D eigenvalue weighted by Crippen LogP contribution is 2.42. The molecule has 3 nitrogen and oxygen atoms in total. The molecule has 0 saturated carbocycles.